The number of nitro benzene ring substituents is 1. The van der Waals surface area contributed by atoms with Gasteiger partial charge in [0.1, 0.15) is 12.1 Å². The molecular formula is C13H13N5O5. The van der Waals surface area contributed by atoms with Crippen LogP contribution >= 0.6 is 0 Å². The average Bonchev–Trinajstić information content (AvgIpc) is 2.52. The molecule has 3 unspecified atom stereocenters. The zero-order valence-corrected chi connectivity index (χ0v) is 12.0. The molecule has 0 radical (unpaired) electrons. The molecule has 2 aliphatic heterocycles. The van der Waals surface area contributed by atoms with Crippen molar-refractivity contribution in [2.45, 2.75) is 12.2 Å². The number of imide groups is 1. The van der Waals surface area contributed by atoms with E-state index < -0.39 is 41.0 Å². The van der Waals surface area contributed by atoms with Crippen molar-refractivity contribution >= 4 is 23.7 Å². The SMILES string of the molecule is CN1C(=O)NC(=O)C2C(c3ccc([N+](=O)[O-])cc3)NC(=O)NC21. The minimum Gasteiger partial charge on any atom is -0.330 e. The molecular weight excluding hydrogens is 306 g/mol. The van der Waals surface area contributed by atoms with Gasteiger partial charge in [-0.3, -0.25) is 20.2 Å². The Morgan fingerprint density at radius 1 is 1.13 bits per heavy atom. The van der Waals surface area contributed by atoms with E-state index in [1.54, 1.807) is 0 Å². The van der Waals surface area contributed by atoms with Crippen LogP contribution in [0.2, 0.25) is 0 Å². The van der Waals surface area contributed by atoms with Crippen LogP contribution in [0.3, 0.4) is 0 Å². The lowest BCUT2D eigenvalue weighted by Gasteiger charge is -2.45. The molecule has 0 spiro atoms. The summed E-state index contributed by atoms with van der Waals surface area (Å²) >= 11 is 0. The van der Waals surface area contributed by atoms with E-state index in [9.17, 15) is 24.5 Å². The highest BCUT2D eigenvalue weighted by Gasteiger charge is 2.48. The first-order chi connectivity index (χ1) is 10.9. The maximum absolute atomic E-state index is 12.2. The summed E-state index contributed by atoms with van der Waals surface area (Å²) in [5.74, 6) is -1.27. The summed E-state index contributed by atoms with van der Waals surface area (Å²) in [6, 6.07) is 3.74. The number of rotatable bonds is 2. The Morgan fingerprint density at radius 3 is 2.39 bits per heavy atom. The van der Waals surface area contributed by atoms with E-state index in [-0.39, 0.29) is 5.69 Å². The number of fused-ring (bicyclic) bond motifs is 1. The lowest BCUT2D eigenvalue weighted by molar-refractivity contribution is -0.384. The van der Waals surface area contributed by atoms with Crippen LogP contribution in [0, 0.1) is 16.0 Å². The molecule has 2 heterocycles. The van der Waals surface area contributed by atoms with E-state index in [1.807, 2.05) is 0 Å². The summed E-state index contributed by atoms with van der Waals surface area (Å²) in [6.45, 7) is 0. The third-order valence-electron chi connectivity index (χ3n) is 4.00. The second kappa shape index (κ2) is 5.23. The highest BCUT2D eigenvalue weighted by molar-refractivity contribution is 6.00. The second-order valence-electron chi connectivity index (χ2n) is 5.32. The first kappa shape index (κ1) is 14.8. The third-order valence-corrected chi connectivity index (χ3v) is 4.00. The topological polar surface area (TPSA) is 134 Å². The van der Waals surface area contributed by atoms with Crippen molar-refractivity contribution in [3.05, 3.63) is 39.9 Å². The molecule has 2 saturated heterocycles. The minimum absolute atomic E-state index is 0.0917. The summed E-state index contributed by atoms with van der Waals surface area (Å²) in [6.07, 6.45) is -0.787. The molecule has 2 aliphatic rings. The molecule has 1 aromatic carbocycles. The maximum atomic E-state index is 12.2. The fourth-order valence-electron chi connectivity index (χ4n) is 2.81. The van der Waals surface area contributed by atoms with Crippen LogP contribution in [0.1, 0.15) is 11.6 Å². The van der Waals surface area contributed by atoms with Crippen LogP contribution < -0.4 is 16.0 Å². The van der Waals surface area contributed by atoms with Crippen molar-refractivity contribution < 1.29 is 19.3 Å². The van der Waals surface area contributed by atoms with E-state index in [0.29, 0.717) is 5.56 Å². The molecule has 10 heteroatoms. The molecule has 5 amide bonds. The molecule has 0 aliphatic carbocycles. The molecule has 0 saturated carbocycles. The Bertz CT molecular complexity index is 703. The molecule has 3 atom stereocenters. The van der Waals surface area contributed by atoms with E-state index in [1.165, 1.54) is 36.2 Å². The number of hydrogen-bond acceptors (Lipinski definition) is 5. The maximum Gasteiger partial charge on any atom is 0.325 e. The van der Waals surface area contributed by atoms with Crippen molar-refractivity contribution in [2.24, 2.45) is 5.92 Å². The first-order valence-electron chi connectivity index (χ1n) is 6.77. The lowest BCUT2D eigenvalue weighted by Crippen LogP contribution is -2.71. The summed E-state index contributed by atoms with van der Waals surface area (Å²) < 4.78 is 0. The van der Waals surface area contributed by atoms with Gasteiger partial charge in [0.2, 0.25) is 5.91 Å². The Hall–Kier alpha value is -3.17. The van der Waals surface area contributed by atoms with Crippen molar-refractivity contribution in [1.29, 1.82) is 0 Å². The summed E-state index contributed by atoms with van der Waals surface area (Å²) in [7, 11) is 1.47. The van der Waals surface area contributed by atoms with Gasteiger partial charge in [-0.15, -0.1) is 0 Å². The van der Waals surface area contributed by atoms with Gasteiger partial charge in [0.25, 0.3) is 5.69 Å². The number of carbonyl (C=O) groups is 3. The summed E-state index contributed by atoms with van der Waals surface area (Å²) in [4.78, 5) is 47.1. The number of non-ortho nitro benzene ring substituents is 1. The third kappa shape index (κ3) is 2.43. The summed E-state index contributed by atoms with van der Waals surface area (Å²) in [5.41, 5.74) is 0.448. The van der Waals surface area contributed by atoms with Crippen LogP contribution in [0.25, 0.3) is 0 Å². The van der Waals surface area contributed by atoms with E-state index in [0.717, 1.165) is 0 Å². The Labute approximate surface area is 130 Å². The number of nitrogens with one attached hydrogen (secondary N) is 3. The molecule has 1 aromatic rings. The van der Waals surface area contributed by atoms with Crippen molar-refractivity contribution in [3.8, 4) is 0 Å². The molecule has 3 rings (SSSR count). The van der Waals surface area contributed by atoms with Gasteiger partial charge in [0.15, 0.2) is 0 Å². The van der Waals surface area contributed by atoms with E-state index >= 15 is 0 Å². The molecule has 0 bridgehead atoms. The van der Waals surface area contributed by atoms with Gasteiger partial charge in [0.05, 0.1) is 11.0 Å². The van der Waals surface area contributed by atoms with Crippen LogP contribution in [-0.2, 0) is 4.79 Å². The van der Waals surface area contributed by atoms with Crippen LogP contribution in [-0.4, -0.2) is 41.0 Å². The van der Waals surface area contributed by atoms with E-state index in [4.69, 9.17) is 0 Å². The number of nitro groups is 1. The van der Waals surface area contributed by atoms with Gasteiger partial charge in [-0.05, 0) is 5.56 Å². The highest BCUT2D eigenvalue weighted by Crippen LogP contribution is 2.32. The Balaban J connectivity index is 1.96. The van der Waals surface area contributed by atoms with Gasteiger partial charge >= 0.3 is 12.1 Å². The fourth-order valence-corrected chi connectivity index (χ4v) is 2.81. The first-order valence-corrected chi connectivity index (χ1v) is 6.77. The largest absolute Gasteiger partial charge is 0.330 e. The molecule has 0 aromatic heterocycles. The van der Waals surface area contributed by atoms with Crippen LogP contribution in [0.15, 0.2) is 24.3 Å². The highest BCUT2D eigenvalue weighted by atomic mass is 16.6. The number of benzene rings is 1. The number of amides is 5. The molecule has 10 nitrogen and oxygen atoms in total. The Morgan fingerprint density at radius 2 is 1.78 bits per heavy atom. The predicted octanol–water partition coefficient (Wildman–Crippen LogP) is 0.0726. The monoisotopic (exact) mass is 319 g/mol. The molecule has 120 valence electrons. The number of hydrogen-bond donors (Lipinski definition) is 3. The quantitative estimate of drug-likeness (QED) is 0.524. The van der Waals surface area contributed by atoms with Gasteiger partial charge in [0, 0.05) is 19.2 Å². The second-order valence-corrected chi connectivity index (χ2v) is 5.32. The van der Waals surface area contributed by atoms with Crippen molar-refractivity contribution in [2.75, 3.05) is 7.05 Å². The van der Waals surface area contributed by atoms with Crippen LogP contribution in [0.5, 0.6) is 0 Å². The minimum atomic E-state index is -0.787. The molecule has 3 N–H and O–H groups in total. The average molecular weight is 319 g/mol. The van der Waals surface area contributed by atoms with Crippen molar-refractivity contribution in [3.63, 3.8) is 0 Å². The van der Waals surface area contributed by atoms with Gasteiger partial charge in [-0.2, -0.15) is 0 Å². The lowest BCUT2D eigenvalue weighted by atomic mass is 9.86. The molecule has 2 fully saturated rings. The Kier molecular flexibility index (Phi) is 3.36. The zero-order valence-electron chi connectivity index (χ0n) is 12.0. The number of nitrogens with zero attached hydrogens (tertiary/aromatic N) is 2. The summed E-state index contributed by atoms with van der Waals surface area (Å²) in [5, 5.41) is 18.1. The number of carbonyl (C=O) groups excluding carboxylic acids is 3. The smallest absolute Gasteiger partial charge is 0.325 e. The number of urea groups is 2. The predicted molar refractivity (Wildman–Crippen MR) is 76.1 cm³/mol. The van der Waals surface area contributed by atoms with Crippen LogP contribution in [0.4, 0.5) is 15.3 Å². The zero-order chi connectivity index (χ0) is 16.7. The van der Waals surface area contributed by atoms with Gasteiger partial charge < -0.3 is 15.5 Å². The van der Waals surface area contributed by atoms with Crippen molar-refractivity contribution in [1.82, 2.24) is 20.9 Å². The standard InChI is InChI=1S/C13H13N5O5/c1-17-10-8(11(19)16-13(17)21)9(14-12(20)15-10)6-2-4-7(5-3-6)18(22)23/h2-5,8-10H,1H3,(H2,14,15,20)(H,16,19,21). The molecule has 23 heavy (non-hydrogen) atoms. The van der Waals surface area contributed by atoms with Gasteiger partial charge in [-0.1, -0.05) is 12.1 Å². The fraction of sp³-hybridized carbons (Fsp3) is 0.308. The normalized spacial score (nSPS) is 26.7. The van der Waals surface area contributed by atoms with E-state index in [2.05, 4.69) is 16.0 Å². The van der Waals surface area contributed by atoms with Gasteiger partial charge in [-0.25, -0.2) is 9.59 Å².